The van der Waals surface area contributed by atoms with E-state index in [0.29, 0.717) is 25.7 Å². The summed E-state index contributed by atoms with van der Waals surface area (Å²) in [7, 11) is 1.91. The van der Waals surface area contributed by atoms with Crippen LogP contribution in [0.3, 0.4) is 0 Å². The average Bonchev–Trinajstić information content (AvgIpc) is 2.39. The van der Waals surface area contributed by atoms with Crippen molar-refractivity contribution in [1.82, 2.24) is 15.1 Å². The minimum atomic E-state index is 0.0226. The number of nitrogens with zero attached hydrogens (tertiary/aromatic N) is 2. The third-order valence-electron chi connectivity index (χ3n) is 3.99. The zero-order chi connectivity index (χ0) is 13.0. The van der Waals surface area contributed by atoms with Gasteiger partial charge in [0.1, 0.15) is 0 Å². The predicted octanol–water partition coefficient (Wildman–Crippen LogP) is 0.209. The van der Waals surface area contributed by atoms with Crippen LogP contribution in [-0.2, 0) is 9.59 Å². The maximum atomic E-state index is 12.2. The molecule has 0 spiro atoms. The minimum absolute atomic E-state index is 0.0226. The van der Waals surface area contributed by atoms with E-state index < -0.39 is 0 Å². The number of carbonyl (C=O) groups is 2. The summed E-state index contributed by atoms with van der Waals surface area (Å²) in [5.41, 5.74) is 0. The molecule has 2 rings (SSSR count). The Kier molecular flexibility index (Phi) is 4.58. The van der Waals surface area contributed by atoms with Gasteiger partial charge in [0.2, 0.25) is 11.8 Å². The Hall–Kier alpha value is -1.10. The highest BCUT2D eigenvalue weighted by atomic mass is 16.2. The van der Waals surface area contributed by atoms with Crippen LogP contribution in [0.1, 0.15) is 32.1 Å². The fraction of sp³-hybridized carbons (Fsp3) is 0.846. The molecule has 1 saturated heterocycles. The van der Waals surface area contributed by atoms with Gasteiger partial charge in [-0.2, -0.15) is 0 Å². The molecular weight excluding hydrogens is 230 g/mol. The maximum absolute atomic E-state index is 12.2. The van der Waals surface area contributed by atoms with Crippen LogP contribution in [-0.4, -0.2) is 60.9 Å². The van der Waals surface area contributed by atoms with Crippen LogP contribution in [0.15, 0.2) is 0 Å². The molecule has 0 aromatic carbocycles. The summed E-state index contributed by atoms with van der Waals surface area (Å²) in [6, 6.07) is 0.407. The van der Waals surface area contributed by atoms with Crippen molar-refractivity contribution >= 4 is 11.8 Å². The molecule has 0 aromatic rings. The average molecular weight is 253 g/mol. The van der Waals surface area contributed by atoms with Crippen molar-refractivity contribution in [3.05, 3.63) is 0 Å². The molecule has 1 aliphatic heterocycles. The number of nitrogens with one attached hydrogen (secondary N) is 1. The van der Waals surface area contributed by atoms with Crippen LogP contribution in [0.4, 0.5) is 0 Å². The minimum Gasteiger partial charge on any atom is -0.354 e. The molecule has 1 saturated carbocycles. The van der Waals surface area contributed by atoms with Crippen LogP contribution in [0.5, 0.6) is 0 Å². The van der Waals surface area contributed by atoms with Crippen LogP contribution >= 0.6 is 0 Å². The number of amides is 2. The van der Waals surface area contributed by atoms with E-state index in [0.717, 1.165) is 19.4 Å². The second-order valence-corrected chi connectivity index (χ2v) is 5.36. The van der Waals surface area contributed by atoms with E-state index in [4.69, 9.17) is 0 Å². The van der Waals surface area contributed by atoms with E-state index in [1.165, 1.54) is 19.3 Å². The van der Waals surface area contributed by atoms with Crippen LogP contribution in [0.2, 0.25) is 0 Å². The lowest BCUT2D eigenvalue weighted by atomic mass is 9.94. The Labute approximate surface area is 108 Å². The molecule has 1 N–H and O–H groups in total. The van der Waals surface area contributed by atoms with Gasteiger partial charge in [0.15, 0.2) is 0 Å². The van der Waals surface area contributed by atoms with Crippen molar-refractivity contribution in [2.45, 2.75) is 38.1 Å². The van der Waals surface area contributed by atoms with Gasteiger partial charge >= 0.3 is 0 Å². The molecule has 18 heavy (non-hydrogen) atoms. The molecule has 0 bridgehead atoms. The van der Waals surface area contributed by atoms with E-state index in [2.05, 4.69) is 5.32 Å². The van der Waals surface area contributed by atoms with Gasteiger partial charge in [0.05, 0.1) is 13.1 Å². The lowest BCUT2D eigenvalue weighted by molar-refractivity contribution is -0.135. The fourth-order valence-electron chi connectivity index (χ4n) is 2.80. The molecule has 102 valence electrons. The van der Waals surface area contributed by atoms with Gasteiger partial charge in [0, 0.05) is 26.2 Å². The first-order valence-corrected chi connectivity index (χ1v) is 6.91. The number of hydrogen-bond acceptors (Lipinski definition) is 3. The molecular formula is C13H23N3O2. The zero-order valence-electron chi connectivity index (χ0n) is 11.2. The molecule has 0 unspecified atom stereocenters. The first-order chi connectivity index (χ1) is 8.66. The number of hydrogen-bond donors (Lipinski definition) is 1. The normalized spacial score (nSPS) is 22.6. The zero-order valence-corrected chi connectivity index (χ0v) is 11.2. The quantitative estimate of drug-likeness (QED) is 0.782. The molecule has 1 heterocycles. The molecule has 1 aliphatic carbocycles. The largest absolute Gasteiger partial charge is 0.354 e. The van der Waals surface area contributed by atoms with Gasteiger partial charge < -0.3 is 10.2 Å². The van der Waals surface area contributed by atoms with Gasteiger partial charge in [-0.05, 0) is 12.8 Å². The molecule has 5 nitrogen and oxygen atoms in total. The van der Waals surface area contributed by atoms with Crippen LogP contribution in [0, 0.1) is 0 Å². The first-order valence-electron chi connectivity index (χ1n) is 6.91. The summed E-state index contributed by atoms with van der Waals surface area (Å²) in [5, 5.41) is 2.77. The second kappa shape index (κ2) is 6.18. The van der Waals surface area contributed by atoms with E-state index in [9.17, 15) is 9.59 Å². The smallest absolute Gasteiger partial charge is 0.236 e. The van der Waals surface area contributed by atoms with Crippen molar-refractivity contribution in [2.75, 3.05) is 33.2 Å². The number of carbonyl (C=O) groups excluding carboxylic acids is 2. The Morgan fingerprint density at radius 3 is 2.78 bits per heavy atom. The molecule has 2 fully saturated rings. The van der Waals surface area contributed by atoms with Crippen LogP contribution in [0.25, 0.3) is 0 Å². The van der Waals surface area contributed by atoms with Gasteiger partial charge in [-0.25, -0.2) is 0 Å². The summed E-state index contributed by atoms with van der Waals surface area (Å²) >= 11 is 0. The summed E-state index contributed by atoms with van der Waals surface area (Å²) in [5.74, 6) is 0.172. The number of likely N-dealkylation sites (N-methyl/N-ethyl adjacent to an activating group) is 1. The van der Waals surface area contributed by atoms with Crippen molar-refractivity contribution in [3.8, 4) is 0 Å². The fourth-order valence-corrected chi connectivity index (χ4v) is 2.80. The lowest BCUT2D eigenvalue weighted by Crippen LogP contribution is -2.52. The standard InChI is InChI=1S/C13H23N3O2/c1-15(11-5-3-2-4-6-11)13(18)10-16-8-7-14-12(17)9-16/h11H,2-10H2,1H3,(H,14,17). The van der Waals surface area contributed by atoms with Gasteiger partial charge in [-0.15, -0.1) is 0 Å². The highest BCUT2D eigenvalue weighted by Gasteiger charge is 2.25. The summed E-state index contributed by atoms with van der Waals surface area (Å²) in [6.45, 7) is 2.15. The van der Waals surface area contributed by atoms with E-state index in [1.807, 2.05) is 16.8 Å². The third-order valence-corrected chi connectivity index (χ3v) is 3.99. The van der Waals surface area contributed by atoms with Gasteiger partial charge in [-0.3, -0.25) is 14.5 Å². The van der Waals surface area contributed by atoms with Crippen molar-refractivity contribution in [3.63, 3.8) is 0 Å². The lowest BCUT2D eigenvalue weighted by Gasteiger charge is -2.33. The van der Waals surface area contributed by atoms with E-state index in [-0.39, 0.29) is 11.8 Å². The number of piperazine rings is 1. The van der Waals surface area contributed by atoms with Gasteiger partial charge in [0.25, 0.3) is 0 Å². The summed E-state index contributed by atoms with van der Waals surface area (Å²) < 4.78 is 0. The highest BCUT2D eigenvalue weighted by molar-refractivity contribution is 5.81. The molecule has 2 amide bonds. The Morgan fingerprint density at radius 1 is 1.39 bits per heavy atom. The maximum Gasteiger partial charge on any atom is 0.236 e. The molecule has 0 radical (unpaired) electrons. The second-order valence-electron chi connectivity index (χ2n) is 5.36. The molecule has 0 atom stereocenters. The third kappa shape index (κ3) is 3.45. The van der Waals surface area contributed by atoms with E-state index >= 15 is 0 Å². The van der Waals surface area contributed by atoms with Crippen LogP contribution < -0.4 is 5.32 Å². The monoisotopic (exact) mass is 253 g/mol. The summed E-state index contributed by atoms with van der Waals surface area (Å²) in [4.78, 5) is 27.2. The van der Waals surface area contributed by atoms with Gasteiger partial charge in [-0.1, -0.05) is 19.3 Å². The summed E-state index contributed by atoms with van der Waals surface area (Å²) in [6.07, 6.45) is 6.01. The highest BCUT2D eigenvalue weighted by Crippen LogP contribution is 2.21. The SMILES string of the molecule is CN(C(=O)CN1CCNC(=O)C1)C1CCCCC1. The molecule has 0 aromatic heterocycles. The Morgan fingerprint density at radius 2 is 2.11 bits per heavy atom. The number of rotatable bonds is 3. The topological polar surface area (TPSA) is 52.7 Å². The predicted molar refractivity (Wildman–Crippen MR) is 69.1 cm³/mol. The Balaban J connectivity index is 1.80. The van der Waals surface area contributed by atoms with Crippen molar-refractivity contribution in [2.24, 2.45) is 0 Å². The Bertz CT molecular complexity index is 313. The molecule has 2 aliphatic rings. The van der Waals surface area contributed by atoms with E-state index in [1.54, 1.807) is 0 Å². The first kappa shape index (κ1) is 13.3. The van der Waals surface area contributed by atoms with Crippen molar-refractivity contribution in [1.29, 1.82) is 0 Å². The van der Waals surface area contributed by atoms with Crippen molar-refractivity contribution < 1.29 is 9.59 Å². The molecule has 5 heteroatoms.